The van der Waals surface area contributed by atoms with Crippen molar-refractivity contribution in [1.29, 1.82) is 0 Å². The molecule has 0 spiro atoms. The van der Waals surface area contributed by atoms with Crippen molar-refractivity contribution in [2.45, 2.75) is 38.6 Å². The van der Waals surface area contributed by atoms with Crippen LogP contribution in [0.25, 0.3) is 0 Å². The summed E-state index contributed by atoms with van der Waals surface area (Å²) in [5, 5.41) is 9.14. The van der Waals surface area contributed by atoms with Crippen molar-refractivity contribution >= 4 is 5.91 Å². The molecule has 0 aromatic heterocycles. The number of aliphatic hydroxyl groups excluding tert-OH is 1. The number of aliphatic hydroxyl groups is 1. The van der Waals surface area contributed by atoms with Gasteiger partial charge in [-0.3, -0.25) is 4.79 Å². The van der Waals surface area contributed by atoms with Crippen LogP contribution in [0.3, 0.4) is 0 Å². The summed E-state index contributed by atoms with van der Waals surface area (Å²) in [6.45, 7) is 2.41. The molecule has 20 heavy (non-hydrogen) atoms. The molecule has 4 nitrogen and oxygen atoms in total. The van der Waals surface area contributed by atoms with Gasteiger partial charge in [-0.2, -0.15) is 0 Å². The molecule has 0 atom stereocenters. The molecule has 0 saturated heterocycles. The molecule has 0 radical (unpaired) electrons. The molecular formula is C16H23NO3. The molecule has 1 aliphatic rings. The molecule has 1 N–H and O–H groups in total. The first kappa shape index (κ1) is 14.9. The SMILES string of the molecule is Cc1ccccc1OCC(=O)N(CCO)C1CCCC1. The third-order valence-electron chi connectivity index (χ3n) is 3.87. The van der Waals surface area contributed by atoms with Crippen LogP contribution in [-0.4, -0.2) is 41.7 Å². The third kappa shape index (κ3) is 3.73. The van der Waals surface area contributed by atoms with E-state index in [1.54, 1.807) is 4.90 Å². The number of benzene rings is 1. The molecule has 1 aliphatic carbocycles. The Labute approximate surface area is 120 Å². The van der Waals surface area contributed by atoms with Gasteiger partial charge in [0.1, 0.15) is 5.75 Å². The van der Waals surface area contributed by atoms with Gasteiger partial charge in [-0.05, 0) is 31.4 Å². The van der Waals surface area contributed by atoms with Crippen LogP contribution in [0.1, 0.15) is 31.2 Å². The highest BCUT2D eigenvalue weighted by Crippen LogP contribution is 2.23. The van der Waals surface area contributed by atoms with E-state index in [1.807, 2.05) is 31.2 Å². The van der Waals surface area contributed by atoms with Crippen molar-refractivity contribution < 1.29 is 14.6 Å². The summed E-state index contributed by atoms with van der Waals surface area (Å²) >= 11 is 0. The second-order valence-electron chi connectivity index (χ2n) is 5.30. The summed E-state index contributed by atoms with van der Waals surface area (Å²) < 4.78 is 5.61. The van der Waals surface area contributed by atoms with E-state index >= 15 is 0 Å². The normalized spacial score (nSPS) is 15.3. The van der Waals surface area contributed by atoms with Crippen molar-refractivity contribution in [2.75, 3.05) is 19.8 Å². The topological polar surface area (TPSA) is 49.8 Å². The van der Waals surface area contributed by atoms with Gasteiger partial charge in [-0.15, -0.1) is 0 Å². The zero-order chi connectivity index (χ0) is 14.4. The van der Waals surface area contributed by atoms with Gasteiger partial charge >= 0.3 is 0 Å². The summed E-state index contributed by atoms with van der Waals surface area (Å²) in [5.74, 6) is 0.713. The van der Waals surface area contributed by atoms with Crippen LogP contribution in [-0.2, 0) is 4.79 Å². The number of amides is 1. The van der Waals surface area contributed by atoms with Crippen LogP contribution >= 0.6 is 0 Å². The third-order valence-corrected chi connectivity index (χ3v) is 3.87. The van der Waals surface area contributed by atoms with Crippen molar-refractivity contribution in [3.05, 3.63) is 29.8 Å². The van der Waals surface area contributed by atoms with E-state index in [0.29, 0.717) is 6.54 Å². The fourth-order valence-electron chi connectivity index (χ4n) is 2.78. The Balaban J connectivity index is 1.93. The lowest BCUT2D eigenvalue weighted by Crippen LogP contribution is -2.43. The Morgan fingerprint density at radius 3 is 2.70 bits per heavy atom. The van der Waals surface area contributed by atoms with Gasteiger partial charge in [0.25, 0.3) is 5.91 Å². The van der Waals surface area contributed by atoms with Crippen molar-refractivity contribution in [2.24, 2.45) is 0 Å². The maximum Gasteiger partial charge on any atom is 0.260 e. The summed E-state index contributed by atoms with van der Waals surface area (Å²) in [6.07, 6.45) is 4.41. The van der Waals surface area contributed by atoms with Gasteiger partial charge in [0, 0.05) is 12.6 Å². The number of hydrogen-bond donors (Lipinski definition) is 1. The number of ether oxygens (including phenoxy) is 1. The lowest BCUT2D eigenvalue weighted by molar-refractivity contribution is -0.136. The number of para-hydroxylation sites is 1. The Morgan fingerprint density at radius 2 is 2.05 bits per heavy atom. The summed E-state index contributed by atoms with van der Waals surface area (Å²) in [4.78, 5) is 14.1. The van der Waals surface area contributed by atoms with Crippen LogP contribution in [0.15, 0.2) is 24.3 Å². The molecular weight excluding hydrogens is 254 g/mol. The average Bonchev–Trinajstić information content (AvgIpc) is 2.97. The first-order valence-electron chi connectivity index (χ1n) is 7.31. The van der Waals surface area contributed by atoms with Gasteiger partial charge in [0.2, 0.25) is 0 Å². The van der Waals surface area contributed by atoms with Crippen LogP contribution in [0.2, 0.25) is 0 Å². The summed E-state index contributed by atoms with van der Waals surface area (Å²) in [7, 11) is 0. The minimum absolute atomic E-state index is 0.00655. The van der Waals surface area contributed by atoms with E-state index in [2.05, 4.69) is 0 Å². The molecule has 1 aromatic carbocycles. The molecule has 0 bridgehead atoms. The highest BCUT2D eigenvalue weighted by atomic mass is 16.5. The molecule has 1 amide bonds. The molecule has 1 saturated carbocycles. The number of carbonyl (C=O) groups is 1. The second-order valence-corrected chi connectivity index (χ2v) is 5.30. The second kappa shape index (κ2) is 7.29. The lowest BCUT2D eigenvalue weighted by Gasteiger charge is -2.28. The van der Waals surface area contributed by atoms with Crippen LogP contribution in [0, 0.1) is 6.92 Å². The van der Waals surface area contributed by atoms with Gasteiger partial charge in [-0.25, -0.2) is 0 Å². The molecule has 1 fully saturated rings. The van der Waals surface area contributed by atoms with Gasteiger partial charge < -0.3 is 14.7 Å². The molecule has 4 heteroatoms. The van der Waals surface area contributed by atoms with Crippen molar-refractivity contribution in [3.63, 3.8) is 0 Å². The first-order chi connectivity index (χ1) is 9.72. The molecule has 0 unspecified atom stereocenters. The number of hydrogen-bond acceptors (Lipinski definition) is 3. The maximum absolute atomic E-state index is 12.3. The molecule has 110 valence electrons. The smallest absolute Gasteiger partial charge is 0.260 e. The van der Waals surface area contributed by atoms with Gasteiger partial charge in [0.05, 0.1) is 6.61 Å². The van der Waals surface area contributed by atoms with E-state index in [4.69, 9.17) is 9.84 Å². The standard InChI is InChI=1S/C16H23NO3/c1-13-6-2-5-9-15(13)20-12-16(19)17(10-11-18)14-7-3-4-8-14/h2,5-6,9,14,18H,3-4,7-8,10-12H2,1H3. The zero-order valence-corrected chi connectivity index (χ0v) is 12.0. The van der Waals surface area contributed by atoms with Crippen molar-refractivity contribution in [1.82, 2.24) is 4.90 Å². The van der Waals surface area contributed by atoms with E-state index in [0.717, 1.165) is 24.2 Å². The predicted octanol–water partition coefficient (Wildman–Crippen LogP) is 2.14. The van der Waals surface area contributed by atoms with Crippen LogP contribution in [0.4, 0.5) is 0 Å². The average molecular weight is 277 g/mol. The van der Waals surface area contributed by atoms with E-state index in [9.17, 15) is 4.79 Å². The minimum atomic E-state index is -0.0331. The molecule has 0 aliphatic heterocycles. The number of aryl methyl sites for hydroxylation is 1. The Kier molecular flexibility index (Phi) is 5.41. The zero-order valence-electron chi connectivity index (χ0n) is 12.0. The van der Waals surface area contributed by atoms with Crippen LogP contribution < -0.4 is 4.74 Å². The lowest BCUT2D eigenvalue weighted by atomic mass is 10.2. The minimum Gasteiger partial charge on any atom is -0.484 e. The predicted molar refractivity (Wildman–Crippen MR) is 77.7 cm³/mol. The number of rotatable bonds is 6. The molecule has 0 heterocycles. The Morgan fingerprint density at radius 1 is 1.35 bits per heavy atom. The number of carbonyl (C=O) groups excluding carboxylic acids is 1. The van der Waals surface area contributed by atoms with Gasteiger partial charge in [0.15, 0.2) is 6.61 Å². The Bertz CT molecular complexity index is 441. The van der Waals surface area contributed by atoms with Crippen LogP contribution in [0.5, 0.6) is 5.75 Å². The van der Waals surface area contributed by atoms with Crippen molar-refractivity contribution in [3.8, 4) is 5.75 Å². The highest BCUT2D eigenvalue weighted by Gasteiger charge is 2.26. The molecule has 1 aromatic rings. The fraction of sp³-hybridized carbons (Fsp3) is 0.562. The van der Waals surface area contributed by atoms with E-state index < -0.39 is 0 Å². The molecule has 2 rings (SSSR count). The quantitative estimate of drug-likeness (QED) is 0.866. The van der Waals surface area contributed by atoms with Gasteiger partial charge in [-0.1, -0.05) is 31.0 Å². The summed E-state index contributed by atoms with van der Waals surface area (Å²) in [5.41, 5.74) is 1.02. The number of nitrogens with zero attached hydrogens (tertiary/aromatic N) is 1. The maximum atomic E-state index is 12.3. The highest BCUT2D eigenvalue weighted by molar-refractivity contribution is 5.78. The monoisotopic (exact) mass is 277 g/mol. The fourth-order valence-corrected chi connectivity index (χ4v) is 2.78. The Hall–Kier alpha value is -1.55. The van der Waals surface area contributed by atoms with E-state index in [-0.39, 0.29) is 25.2 Å². The first-order valence-corrected chi connectivity index (χ1v) is 7.31. The largest absolute Gasteiger partial charge is 0.484 e. The van der Waals surface area contributed by atoms with E-state index in [1.165, 1.54) is 12.8 Å². The summed E-state index contributed by atoms with van der Waals surface area (Å²) in [6, 6.07) is 7.95.